The van der Waals surface area contributed by atoms with Crippen molar-refractivity contribution in [3.05, 3.63) is 59.7 Å². The van der Waals surface area contributed by atoms with Crippen LogP contribution in [0.2, 0.25) is 0 Å². The Balaban J connectivity index is 1.53. The molecule has 2 heterocycles. The van der Waals surface area contributed by atoms with E-state index in [-0.39, 0.29) is 11.9 Å². The van der Waals surface area contributed by atoms with E-state index in [2.05, 4.69) is 16.0 Å². The second-order valence-electron chi connectivity index (χ2n) is 10.1. The highest BCUT2D eigenvalue weighted by atomic mass is 32.3. The summed E-state index contributed by atoms with van der Waals surface area (Å²) in [6.07, 6.45) is 3.10. The molecule has 2 aromatic carbocycles. The molecule has 0 unspecified atom stereocenters. The summed E-state index contributed by atoms with van der Waals surface area (Å²) in [7, 11) is -2.93. The predicted molar refractivity (Wildman–Crippen MR) is 154 cm³/mol. The maximum atomic E-state index is 13.6. The minimum Gasteiger partial charge on any atom is -0.390 e. The number of anilines is 2. The van der Waals surface area contributed by atoms with Crippen LogP contribution in [0, 0.1) is 0 Å². The lowest BCUT2D eigenvalue weighted by Crippen LogP contribution is -2.50. The van der Waals surface area contributed by atoms with Crippen LogP contribution in [0.3, 0.4) is 0 Å². The quantitative estimate of drug-likeness (QED) is 0.251. The summed E-state index contributed by atoms with van der Waals surface area (Å²) < 4.78 is 28.4. The van der Waals surface area contributed by atoms with Crippen LogP contribution in [-0.2, 0) is 11.2 Å². The average molecular weight is 547 g/mol. The van der Waals surface area contributed by atoms with Gasteiger partial charge in [0.25, 0.3) is 5.91 Å². The molecule has 2 fully saturated rings. The highest BCUT2D eigenvalue weighted by molar-refractivity contribution is 8.25. The van der Waals surface area contributed by atoms with Crippen LogP contribution in [-0.4, -0.2) is 76.9 Å². The van der Waals surface area contributed by atoms with Crippen LogP contribution in [0.1, 0.15) is 48.5 Å². The van der Waals surface area contributed by atoms with Crippen molar-refractivity contribution in [3.63, 3.8) is 0 Å². The van der Waals surface area contributed by atoms with Crippen molar-refractivity contribution in [3.8, 4) is 0 Å². The summed E-state index contributed by atoms with van der Waals surface area (Å²) in [6, 6.07) is 14.9. The van der Waals surface area contributed by atoms with Gasteiger partial charge in [0, 0.05) is 50.1 Å². The fourth-order valence-corrected chi connectivity index (χ4v) is 6.71. The Morgan fingerprint density at radius 1 is 1.13 bits per heavy atom. The van der Waals surface area contributed by atoms with E-state index in [1.54, 1.807) is 16.4 Å². The van der Waals surface area contributed by atoms with E-state index in [1.807, 2.05) is 43.3 Å². The van der Waals surface area contributed by atoms with E-state index in [0.29, 0.717) is 56.3 Å². The van der Waals surface area contributed by atoms with Crippen molar-refractivity contribution in [1.29, 1.82) is 0 Å². The fraction of sp³-hybridized carbons (Fsp3) is 0.536. The molecule has 6 N–H and O–H groups in total. The molecule has 2 saturated heterocycles. The van der Waals surface area contributed by atoms with E-state index in [1.165, 1.54) is 0 Å². The van der Waals surface area contributed by atoms with Gasteiger partial charge in [0.2, 0.25) is 0 Å². The standard InChI is InChI=1S/C28H42N4O5S/c1-2-29-24-17-22(18-25(19-24)32-12-6-7-15-38(32,35)36)28(34)31-26(16-21-8-4-3-5-9-21)27(33)20-30-23-10-13-37-14-11-23/h3-5,8-9,17-19,23,26-27,29-30,33,35-36H,2,6-7,10-16,20H2,1H3,(H,31,34)/t26-,27+/m0/s1. The van der Waals surface area contributed by atoms with Crippen molar-refractivity contribution < 1.29 is 23.7 Å². The third kappa shape index (κ3) is 7.84. The average Bonchev–Trinajstić information content (AvgIpc) is 2.92. The molecule has 0 aliphatic carbocycles. The number of carbonyl (C=O) groups is 1. The first-order chi connectivity index (χ1) is 18.4. The van der Waals surface area contributed by atoms with E-state index in [0.717, 1.165) is 36.9 Å². The molecule has 2 atom stereocenters. The van der Waals surface area contributed by atoms with Crippen LogP contribution in [0.4, 0.5) is 11.4 Å². The van der Waals surface area contributed by atoms with Crippen LogP contribution in [0.25, 0.3) is 0 Å². The zero-order valence-corrected chi connectivity index (χ0v) is 23.0. The molecule has 0 radical (unpaired) electrons. The molecule has 0 saturated carbocycles. The maximum Gasteiger partial charge on any atom is 0.251 e. The molecule has 1 amide bonds. The van der Waals surface area contributed by atoms with Gasteiger partial charge in [-0.1, -0.05) is 30.3 Å². The molecular formula is C28H42N4O5S. The number of hydrogen-bond acceptors (Lipinski definition) is 8. The number of aliphatic hydroxyl groups excluding tert-OH is 1. The Bertz CT molecular complexity index is 1040. The van der Waals surface area contributed by atoms with Gasteiger partial charge in [-0.15, -0.1) is 10.8 Å². The molecule has 210 valence electrons. The number of nitrogens with one attached hydrogen (secondary N) is 3. The van der Waals surface area contributed by atoms with Gasteiger partial charge in [-0.2, -0.15) is 0 Å². The normalized spacial score (nSPS) is 20.4. The number of ether oxygens (including phenoxy) is 1. The number of rotatable bonds is 11. The topological polar surface area (TPSA) is 126 Å². The Labute approximate surface area is 227 Å². The summed E-state index contributed by atoms with van der Waals surface area (Å²) in [5.74, 6) is 0.0105. The SMILES string of the molecule is CCNc1cc(C(=O)N[C@@H](Cc2ccccc2)[C@H](O)CNC2CCOCC2)cc(N2CCCCS2(O)O)c1. The van der Waals surface area contributed by atoms with Gasteiger partial charge in [-0.05, 0) is 62.8 Å². The molecule has 0 bridgehead atoms. The molecule has 38 heavy (non-hydrogen) atoms. The predicted octanol–water partition coefficient (Wildman–Crippen LogP) is 3.85. The van der Waals surface area contributed by atoms with Crippen LogP contribution >= 0.6 is 10.8 Å². The number of carbonyl (C=O) groups excluding carboxylic acids is 1. The van der Waals surface area contributed by atoms with Gasteiger partial charge < -0.3 is 25.8 Å². The Kier molecular flexibility index (Phi) is 10.3. The van der Waals surface area contributed by atoms with Gasteiger partial charge in [-0.3, -0.25) is 18.2 Å². The van der Waals surface area contributed by atoms with Gasteiger partial charge in [0.15, 0.2) is 0 Å². The zero-order chi connectivity index (χ0) is 27.0. The first kappa shape index (κ1) is 28.7. The number of nitrogens with zero attached hydrogens (tertiary/aromatic N) is 1. The van der Waals surface area contributed by atoms with Crippen molar-refractivity contribution >= 4 is 28.1 Å². The van der Waals surface area contributed by atoms with E-state index < -0.39 is 22.9 Å². The van der Waals surface area contributed by atoms with Gasteiger partial charge >= 0.3 is 0 Å². The Morgan fingerprint density at radius 2 is 1.89 bits per heavy atom. The first-order valence-corrected chi connectivity index (χ1v) is 15.3. The molecule has 4 rings (SSSR count). The summed E-state index contributed by atoms with van der Waals surface area (Å²) in [6.45, 7) is 4.94. The highest BCUT2D eigenvalue weighted by Gasteiger charge is 2.29. The molecule has 2 aliphatic rings. The minimum atomic E-state index is -2.93. The summed E-state index contributed by atoms with van der Waals surface area (Å²) in [4.78, 5) is 13.6. The zero-order valence-electron chi connectivity index (χ0n) is 22.1. The third-order valence-corrected chi connectivity index (χ3v) is 9.08. The lowest BCUT2D eigenvalue weighted by Gasteiger charge is -2.47. The van der Waals surface area contributed by atoms with E-state index >= 15 is 0 Å². The van der Waals surface area contributed by atoms with Crippen molar-refractivity contribution in [1.82, 2.24) is 10.6 Å². The summed E-state index contributed by atoms with van der Waals surface area (Å²) in [5.41, 5.74) is 2.76. The maximum absolute atomic E-state index is 13.6. The Morgan fingerprint density at radius 3 is 2.61 bits per heavy atom. The lowest BCUT2D eigenvalue weighted by atomic mass is 9.99. The second kappa shape index (κ2) is 13.6. The second-order valence-corrected chi connectivity index (χ2v) is 12.2. The van der Waals surface area contributed by atoms with Crippen molar-refractivity contribution in [2.75, 3.05) is 48.2 Å². The summed E-state index contributed by atoms with van der Waals surface area (Å²) >= 11 is 0. The third-order valence-electron chi connectivity index (χ3n) is 7.15. The number of aliphatic hydroxyl groups is 1. The number of benzene rings is 2. The van der Waals surface area contributed by atoms with Crippen molar-refractivity contribution in [2.45, 2.75) is 57.2 Å². The lowest BCUT2D eigenvalue weighted by molar-refractivity contribution is 0.0657. The molecule has 2 aromatic rings. The Hall–Kier alpha value is -2.34. The smallest absolute Gasteiger partial charge is 0.251 e. The molecule has 2 aliphatic heterocycles. The van der Waals surface area contributed by atoms with E-state index in [4.69, 9.17) is 4.74 Å². The van der Waals surface area contributed by atoms with Crippen molar-refractivity contribution in [2.24, 2.45) is 0 Å². The largest absolute Gasteiger partial charge is 0.390 e. The molecule has 10 heteroatoms. The van der Waals surface area contributed by atoms with Gasteiger partial charge in [-0.25, -0.2) is 0 Å². The van der Waals surface area contributed by atoms with E-state index in [9.17, 15) is 19.0 Å². The first-order valence-electron chi connectivity index (χ1n) is 13.6. The van der Waals surface area contributed by atoms with Gasteiger partial charge in [0.1, 0.15) is 0 Å². The van der Waals surface area contributed by atoms with Crippen LogP contribution in [0.15, 0.2) is 48.5 Å². The molecule has 0 aromatic heterocycles. The highest BCUT2D eigenvalue weighted by Crippen LogP contribution is 2.50. The minimum absolute atomic E-state index is 0.287. The fourth-order valence-electron chi connectivity index (χ4n) is 5.03. The van der Waals surface area contributed by atoms with Crippen LogP contribution in [0.5, 0.6) is 0 Å². The number of amides is 1. The molecule has 9 nitrogen and oxygen atoms in total. The monoisotopic (exact) mass is 546 g/mol. The molecule has 0 spiro atoms. The van der Waals surface area contributed by atoms with Gasteiger partial charge in [0.05, 0.1) is 23.6 Å². The van der Waals surface area contributed by atoms with Crippen LogP contribution < -0.4 is 20.3 Å². The summed E-state index contributed by atoms with van der Waals surface area (Å²) in [5, 5.41) is 20.9. The molecular weight excluding hydrogens is 504 g/mol. The number of hydrogen-bond donors (Lipinski definition) is 6.